The van der Waals surface area contributed by atoms with Crippen LogP contribution in [0.25, 0.3) is 0 Å². The maximum atomic E-state index is 12.2. The van der Waals surface area contributed by atoms with Crippen molar-refractivity contribution >= 4 is 5.78 Å². The molecular weight excluding hydrogens is 202 g/mol. The topological polar surface area (TPSA) is 40.5 Å². The predicted molar refractivity (Wildman–Crippen MR) is 62.5 cm³/mol. The number of nitrogens with zero attached hydrogens (tertiary/aromatic N) is 1. The lowest BCUT2D eigenvalue weighted by Gasteiger charge is -2.36. The number of likely N-dealkylation sites (N-methyl/N-ethyl adjacent to an activating group) is 1. The second-order valence-electron chi connectivity index (χ2n) is 4.57. The molecule has 1 aliphatic heterocycles. The smallest absolute Gasteiger partial charge is 0.195 e. The number of Topliss-reactive ketones (excluding diaryl/α,β-unsaturated/α-hetero) is 1. The standard InChI is InChI=1S/C13H17NO2/c1-14-9-5-8-13(16,10-14)12(15)11-6-3-2-4-7-11/h2-4,6-7,16H,5,8-10H2,1H3/t13-/m0/s1. The molecule has 0 radical (unpaired) electrons. The summed E-state index contributed by atoms with van der Waals surface area (Å²) in [4.78, 5) is 14.2. The summed E-state index contributed by atoms with van der Waals surface area (Å²) in [5, 5.41) is 10.4. The van der Waals surface area contributed by atoms with Gasteiger partial charge in [0, 0.05) is 12.1 Å². The highest BCUT2D eigenvalue weighted by atomic mass is 16.3. The van der Waals surface area contributed by atoms with E-state index in [4.69, 9.17) is 0 Å². The molecule has 0 unspecified atom stereocenters. The van der Waals surface area contributed by atoms with Crippen molar-refractivity contribution in [2.45, 2.75) is 18.4 Å². The van der Waals surface area contributed by atoms with Gasteiger partial charge in [0.15, 0.2) is 5.78 Å². The van der Waals surface area contributed by atoms with Crippen molar-refractivity contribution < 1.29 is 9.90 Å². The lowest BCUT2D eigenvalue weighted by molar-refractivity contribution is -0.00751. The molecule has 2 rings (SSSR count). The van der Waals surface area contributed by atoms with Gasteiger partial charge < -0.3 is 10.0 Å². The molecule has 86 valence electrons. The third-order valence-corrected chi connectivity index (χ3v) is 3.12. The van der Waals surface area contributed by atoms with Gasteiger partial charge in [-0.3, -0.25) is 4.79 Å². The molecule has 1 heterocycles. The van der Waals surface area contributed by atoms with Crippen LogP contribution in [0.15, 0.2) is 30.3 Å². The SMILES string of the molecule is CN1CCC[C@@](O)(C(=O)c2ccccc2)C1. The van der Waals surface area contributed by atoms with Crippen LogP contribution in [0, 0.1) is 0 Å². The van der Waals surface area contributed by atoms with E-state index in [0.29, 0.717) is 18.5 Å². The van der Waals surface area contributed by atoms with E-state index in [1.165, 1.54) is 0 Å². The third kappa shape index (κ3) is 2.15. The predicted octanol–water partition coefficient (Wildman–Crippen LogP) is 1.33. The molecule has 1 N–H and O–H groups in total. The van der Waals surface area contributed by atoms with Crippen molar-refractivity contribution in [1.82, 2.24) is 4.90 Å². The molecule has 1 aromatic rings. The van der Waals surface area contributed by atoms with Gasteiger partial charge in [0.1, 0.15) is 5.60 Å². The Morgan fingerprint density at radius 2 is 2.06 bits per heavy atom. The number of ketones is 1. The lowest BCUT2D eigenvalue weighted by atomic mass is 9.85. The van der Waals surface area contributed by atoms with Crippen LogP contribution in [0.2, 0.25) is 0 Å². The number of piperidine rings is 1. The van der Waals surface area contributed by atoms with Crippen LogP contribution in [-0.4, -0.2) is 41.5 Å². The largest absolute Gasteiger partial charge is 0.380 e. The fourth-order valence-electron chi connectivity index (χ4n) is 2.29. The zero-order chi connectivity index (χ0) is 11.6. The van der Waals surface area contributed by atoms with Gasteiger partial charge in [0.25, 0.3) is 0 Å². The van der Waals surface area contributed by atoms with Crippen LogP contribution in [-0.2, 0) is 0 Å². The zero-order valence-corrected chi connectivity index (χ0v) is 9.52. The molecule has 0 amide bonds. The highest BCUT2D eigenvalue weighted by molar-refractivity contribution is 6.02. The monoisotopic (exact) mass is 219 g/mol. The molecule has 1 atom stereocenters. The number of hydrogen-bond acceptors (Lipinski definition) is 3. The minimum absolute atomic E-state index is 0.153. The summed E-state index contributed by atoms with van der Waals surface area (Å²) in [5.41, 5.74) is -0.603. The highest BCUT2D eigenvalue weighted by Gasteiger charge is 2.39. The van der Waals surface area contributed by atoms with Crippen molar-refractivity contribution in [3.05, 3.63) is 35.9 Å². The Bertz CT molecular complexity index is 377. The van der Waals surface area contributed by atoms with Gasteiger partial charge in [-0.1, -0.05) is 30.3 Å². The molecule has 0 spiro atoms. The Hall–Kier alpha value is -1.19. The molecule has 0 aliphatic carbocycles. The first-order valence-electron chi connectivity index (χ1n) is 5.63. The number of aliphatic hydroxyl groups is 1. The van der Waals surface area contributed by atoms with E-state index in [9.17, 15) is 9.90 Å². The normalized spacial score (nSPS) is 26.6. The molecule has 0 saturated carbocycles. The molecule has 1 saturated heterocycles. The first-order chi connectivity index (χ1) is 7.62. The number of rotatable bonds is 2. The highest BCUT2D eigenvalue weighted by Crippen LogP contribution is 2.24. The lowest BCUT2D eigenvalue weighted by Crippen LogP contribution is -2.51. The molecule has 3 nitrogen and oxygen atoms in total. The van der Waals surface area contributed by atoms with Gasteiger partial charge in [0.2, 0.25) is 0 Å². The zero-order valence-electron chi connectivity index (χ0n) is 9.52. The molecule has 1 fully saturated rings. The summed E-state index contributed by atoms with van der Waals surface area (Å²) >= 11 is 0. The first kappa shape index (κ1) is 11.3. The Morgan fingerprint density at radius 1 is 1.38 bits per heavy atom. The summed E-state index contributed by atoms with van der Waals surface area (Å²) in [5.74, 6) is -0.153. The first-order valence-corrected chi connectivity index (χ1v) is 5.63. The van der Waals surface area contributed by atoms with Crippen LogP contribution in [0.4, 0.5) is 0 Å². The van der Waals surface area contributed by atoms with E-state index in [1.54, 1.807) is 12.1 Å². The maximum Gasteiger partial charge on any atom is 0.195 e. The Kier molecular flexibility index (Phi) is 3.08. The van der Waals surface area contributed by atoms with Crippen LogP contribution < -0.4 is 0 Å². The van der Waals surface area contributed by atoms with Gasteiger partial charge in [-0.05, 0) is 26.4 Å². The molecule has 1 aliphatic rings. The van der Waals surface area contributed by atoms with Crippen molar-refractivity contribution in [1.29, 1.82) is 0 Å². The average molecular weight is 219 g/mol. The van der Waals surface area contributed by atoms with Crippen molar-refractivity contribution in [3.63, 3.8) is 0 Å². The number of carbonyl (C=O) groups excluding carboxylic acids is 1. The van der Waals surface area contributed by atoms with Crippen LogP contribution in [0.1, 0.15) is 23.2 Å². The summed E-state index contributed by atoms with van der Waals surface area (Å²) in [6, 6.07) is 9.03. The summed E-state index contributed by atoms with van der Waals surface area (Å²) in [6.45, 7) is 1.38. The number of benzene rings is 1. The molecule has 3 heteroatoms. The number of likely N-dealkylation sites (tertiary alicyclic amines) is 1. The van der Waals surface area contributed by atoms with Gasteiger partial charge in [0.05, 0.1) is 0 Å². The van der Waals surface area contributed by atoms with Crippen molar-refractivity contribution in [2.24, 2.45) is 0 Å². The fraction of sp³-hybridized carbons (Fsp3) is 0.462. The average Bonchev–Trinajstić information content (AvgIpc) is 2.29. The minimum Gasteiger partial charge on any atom is -0.380 e. The summed E-state index contributed by atoms with van der Waals surface area (Å²) in [7, 11) is 1.93. The summed E-state index contributed by atoms with van der Waals surface area (Å²) in [6.07, 6.45) is 1.43. The van der Waals surface area contributed by atoms with Gasteiger partial charge in [-0.15, -0.1) is 0 Å². The van der Waals surface area contributed by atoms with E-state index in [-0.39, 0.29) is 5.78 Å². The second kappa shape index (κ2) is 4.36. The third-order valence-electron chi connectivity index (χ3n) is 3.12. The molecule has 0 bridgehead atoms. The summed E-state index contributed by atoms with van der Waals surface area (Å²) < 4.78 is 0. The van der Waals surface area contributed by atoms with E-state index in [1.807, 2.05) is 30.1 Å². The fourth-order valence-corrected chi connectivity index (χ4v) is 2.29. The Labute approximate surface area is 95.7 Å². The van der Waals surface area contributed by atoms with E-state index in [2.05, 4.69) is 0 Å². The van der Waals surface area contributed by atoms with Crippen molar-refractivity contribution in [2.75, 3.05) is 20.1 Å². The number of β-amino-alcohol motifs (C(OH)–C–C–N with tert-alkyl or cyclic N) is 1. The van der Waals surface area contributed by atoms with Gasteiger partial charge in [-0.2, -0.15) is 0 Å². The molecule has 16 heavy (non-hydrogen) atoms. The second-order valence-corrected chi connectivity index (χ2v) is 4.57. The quantitative estimate of drug-likeness (QED) is 0.763. The molecular formula is C13H17NO2. The molecule has 1 aromatic carbocycles. The Balaban J connectivity index is 2.21. The Morgan fingerprint density at radius 3 is 2.69 bits per heavy atom. The van der Waals surface area contributed by atoms with Crippen LogP contribution in [0.3, 0.4) is 0 Å². The minimum atomic E-state index is -1.20. The van der Waals surface area contributed by atoms with Gasteiger partial charge >= 0.3 is 0 Å². The van der Waals surface area contributed by atoms with E-state index >= 15 is 0 Å². The molecule has 0 aromatic heterocycles. The van der Waals surface area contributed by atoms with Crippen LogP contribution in [0.5, 0.6) is 0 Å². The number of hydrogen-bond donors (Lipinski definition) is 1. The van der Waals surface area contributed by atoms with Crippen molar-refractivity contribution in [3.8, 4) is 0 Å². The van der Waals surface area contributed by atoms with E-state index < -0.39 is 5.60 Å². The van der Waals surface area contributed by atoms with Gasteiger partial charge in [-0.25, -0.2) is 0 Å². The number of carbonyl (C=O) groups is 1. The maximum absolute atomic E-state index is 12.2. The van der Waals surface area contributed by atoms with E-state index in [0.717, 1.165) is 13.0 Å². The van der Waals surface area contributed by atoms with Crippen LogP contribution >= 0.6 is 0 Å².